The van der Waals surface area contributed by atoms with Crippen molar-refractivity contribution in [3.05, 3.63) is 76.3 Å². The fourth-order valence-corrected chi connectivity index (χ4v) is 4.20. The van der Waals surface area contributed by atoms with Gasteiger partial charge >= 0.3 is 0 Å². The molecule has 26 heavy (non-hydrogen) atoms. The molecule has 0 aliphatic carbocycles. The average Bonchev–Trinajstić information content (AvgIpc) is 3.16. The monoisotopic (exact) mass is 398 g/mol. The van der Waals surface area contributed by atoms with Crippen LogP contribution in [-0.4, -0.2) is 21.0 Å². The van der Waals surface area contributed by atoms with Gasteiger partial charge in [-0.05, 0) is 30.3 Å². The van der Waals surface area contributed by atoms with Crippen molar-refractivity contribution in [3.8, 4) is 0 Å². The van der Waals surface area contributed by atoms with Crippen LogP contribution in [0.1, 0.15) is 10.4 Å². The van der Waals surface area contributed by atoms with Gasteiger partial charge in [-0.1, -0.05) is 53.8 Å². The van der Waals surface area contributed by atoms with Crippen LogP contribution in [-0.2, 0) is 4.79 Å². The molecule has 1 fully saturated rings. The Bertz CT molecular complexity index is 1090. The van der Waals surface area contributed by atoms with Gasteiger partial charge in [-0.2, -0.15) is 0 Å². The Kier molecular flexibility index (Phi) is 4.40. The van der Waals surface area contributed by atoms with E-state index in [4.69, 9.17) is 23.8 Å². The van der Waals surface area contributed by atoms with Crippen LogP contribution in [0.4, 0.5) is 5.69 Å². The van der Waals surface area contributed by atoms with E-state index >= 15 is 0 Å². The Morgan fingerprint density at radius 1 is 1.19 bits per heavy atom. The maximum Gasteiger partial charge on any atom is 0.270 e. The van der Waals surface area contributed by atoms with Crippen molar-refractivity contribution in [1.29, 1.82) is 0 Å². The highest BCUT2D eigenvalue weighted by atomic mass is 35.5. The third-order valence-corrected chi connectivity index (χ3v) is 5.52. The summed E-state index contributed by atoms with van der Waals surface area (Å²) >= 11 is 12.5. The molecule has 0 saturated carbocycles. The van der Waals surface area contributed by atoms with E-state index in [1.54, 1.807) is 30.5 Å². The minimum atomic E-state index is -0.294. The summed E-state index contributed by atoms with van der Waals surface area (Å²) in [6, 6.07) is 14.4. The van der Waals surface area contributed by atoms with Gasteiger partial charge in [0.2, 0.25) is 0 Å². The van der Waals surface area contributed by atoms with Gasteiger partial charge in [-0.3, -0.25) is 14.5 Å². The summed E-state index contributed by atoms with van der Waals surface area (Å²) in [5.41, 5.74) is 1.96. The Hall–Kier alpha value is -2.41. The largest absolute Gasteiger partial charge is 0.360 e. The molecule has 2 heterocycles. The Morgan fingerprint density at radius 3 is 2.73 bits per heavy atom. The second-order valence-corrected chi connectivity index (χ2v) is 7.72. The van der Waals surface area contributed by atoms with Crippen LogP contribution in [0.2, 0.25) is 5.02 Å². The van der Waals surface area contributed by atoms with Crippen molar-refractivity contribution < 1.29 is 9.59 Å². The number of rotatable bonds is 3. The first-order valence-electron chi connectivity index (χ1n) is 7.68. The SMILES string of the molecule is O=C(/C=C1/SC(=S)N(c2ccccc2)C1=O)c1c[nH]c2ccc(Cl)cc12. The lowest BCUT2D eigenvalue weighted by Crippen LogP contribution is -2.27. The molecule has 0 atom stereocenters. The van der Waals surface area contributed by atoms with Gasteiger partial charge in [-0.25, -0.2) is 0 Å². The maximum atomic E-state index is 12.7. The van der Waals surface area contributed by atoms with Crippen molar-refractivity contribution in [1.82, 2.24) is 4.98 Å². The summed E-state index contributed by atoms with van der Waals surface area (Å²) in [6.45, 7) is 0. The van der Waals surface area contributed by atoms with Crippen molar-refractivity contribution >= 4 is 68.2 Å². The van der Waals surface area contributed by atoms with Gasteiger partial charge in [0, 0.05) is 33.8 Å². The number of carbonyl (C=O) groups is 2. The predicted molar refractivity (Wildman–Crippen MR) is 110 cm³/mol. The lowest BCUT2D eigenvalue weighted by atomic mass is 10.1. The number of carbonyl (C=O) groups excluding carboxylic acids is 2. The minimum absolute atomic E-state index is 0.271. The fourth-order valence-electron chi connectivity index (χ4n) is 2.76. The lowest BCUT2D eigenvalue weighted by Gasteiger charge is -2.13. The molecule has 1 saturated heterocycles. The Balaban J connectivity index is 1.68. The number of hydrogen-bond acceptors (Lipinski definition) is 4. The second kappa shape index (κ2) is 6.72. The Labute approximate surface area is 163 Å². The van der Waals surface area contributed by atoms with Gasteiger partial charge in [0.1, 0.15) is 0 Å². The number of aromatic nitrogens is 1. The number of benzene rings is 2. The third kappa shape index (κ3) is 2.96. The number of thioether (sulfide) groups is 1. The lowest BCUT2D eigenvalue weighted by molar-refractivity contribution is -0.113. The highest BCUT2D eigenvalue weighted by Crippen LogP contribution is 2.35. The van der Waals surface area contributed by atoms with Gasteiger partial charge in [0.15, 0.2) is 10.1 Å². The molecule has 0 spiro atoms. The molecule has 0 radical (unpaired) electrons. The van der Waals surface area contributed by atoms with E-state index in [1.165, 1.54) is 11.0 Å². The van der Waals surface area contributed by atoms with E-state index in [0.717, 1.165) is 22.7 Å². The van der Waals surface area contributed by atoms with Crippen molar-refractivity contribution in [3.63, 3.8) is 0 Å². The summed E-state index contributed by atoms with van der Waals surface area (Å²) in [7, 11) is 0. The molecular formula is C19H11ClN2O2S2. The summed E-state index contributed by atoms with van der Waals surface area (Å²) in [5, 5.41) is 1.26. The predicted octanol–water partition coefficient (Wildman–Crippen LogP) is 4.95. The minimum Gasteiger partial charge on any atom is -0.360 e. The van der Waals surface area contributed by atoms with Crippen LogP contribution >= 0.6 is 35.6 Å². The van der Waals surface area contributed by atoms with Crippen LogP contribution < -0.4 is 4.90 Å². The Morgan fingerprint density at radius 2 is 1.96 bits per heavy atom. The first kappa shape index (κ1) is 17.0. The molecule has 128 valence electrons. The smallest absolute Gasteiger partial charge is 0.270 e. The number of H-pyrrole nitrogens is 1. The zero-order valence-electron chi connectivity index (χ0n) is 13.2. The number of amides is 1. The first-order chi connectivity index (χ1) is 12.5. The van der Waals surface area contributed by atoms with Crippen LogP contribution in [0.5, 0.6) is 0 Å². The number of nitrogens with one attached hydrogen (secondary N) is 1. The van der Waals surface area contributed by atoms with Crippen LogP contribution in [0.3, 0.4) is 0 Å². The summed E-state index contributed by atoms with van der Waals surface area (Å²) in [5.74, 6) is -0.565. The van der Waals surface area contributed by atoms with Gasteiger partial charge < -0.3 is 4.98 Å². The summed E-state index contributed by atoms with van der Waals surface area (Å²) in [4.78, 5) is 30.2. The number of nitrogens with zero attached hydrogens (tertiary/aromatic N) is 1. The van der Waals surface area contributed by atoms with E-state index in [0.29, 0.717) is 25.5 Å². The van der Waals surface area contributed by atoms with Crippen molar-refractivity contribution in [2.24, 2.45) is 0 Å². The highest BCUT2D eigenvalue weighted by molar-refractivity contribution is 8.27. The van der Waals surface area contributed by atoms with E-state index < -0.39 is 0 Å². The number of halogens is 1. The molecule has 0 unspecified atom stereocenters. The molecule has 4 nitrogen and oxygen atoms in total. The number of hydrogen-bond donors (Lipinski definition) is 1. The normalized spacial score (nSPS) is 16.0. The molecule has 2 aromatic carbocycles. The van der Waals surface area contributed by atoms with E-state index in [9.17, 15) is 9.59 Å². The molecule has 7 heteroatoms. The molecule has 1 amide bonds. The average molecular weight is 399 g/mol. The van der Waals surface area contributed by atoms with Gasteiger partial charge in [-0.15, -0.1) is 0 Å². The van der Waals surface area contributed by atoms with Gasteiger partial charge in [0.25, 0.3) is 5.91 Å². The number of para-hydroxylation sites is 1. The van der Waals surface area contributed by atoms with Crippen LogP contribution in [0.15, 0.2) is 65.7 Å². The molecule has 3 aromatic rings. The molecule has 1 aliphatic rings. The number of aromatic amines is 1. The quantitative estimate of drug-likeness (QED) is 0.385. The zero-order chi connectivity index (χ0) is 18.3. The van der Waals surface area contributed by atoms with Crippen molar-refractivity contribution in [2.75, 3.05) is 4.90 Å². The van der Waals surface area contributed by atoms with E-state index in [-0.39, 0.29) is 11.7 Å². The molecule has 4 rings (SSSR count). The summed E-state index contributed by atoms with van der Waals surface area (Å²) in [6.07, 6.45) is 2.96. The van der Waals surface area contributed by atoms with Crippen molar-refractivity contribution in [2.45, 2.75) is 0 Å². The molecule has 1 aliphatic heterocycles. The van der Waals surface area contributed by atoms with Gasteiger partial charge in [0.05, 0.1) is 10.6 Å². The van der Waals surface area contributed by atoms with Crippen LogP contribution in [0.25, 0.3) is 10.9 Å². The number of ketones is 1. The highest BCUT2D eigenvalue weighted by Gasteiger charge is 2.33. The fraction of sp³-hybridized carbons (Fsp3) is 0. The zero-order valence-corrected chi connectivity index (χ0v) is 15.6. The second-order valence-electron chi connectivity index (χ2n) is 5.61. The van der Waals surface area contributed by atoms with Crippen LogP contribution in [0, 0.1) is 0 Å². The molecule has 0 bridgehead atoms. The first-order valence-corrected chi connectivity index (χ1v) is 9.29. The van der Waals surface area contributed by atoms with E-state index in [2.05, 4.69) is 4.98 Å². The topological polar surface area (TPSA) is 53.2 Å². The third-order valence-electron chi connectivity index (χ3n) is 3.98. The summed E-state index contributed by atoms with van der Waals surface area (Å²) < 4.78 is 0.405. The number of thiocarbonyl (C=S) groups is 1. The maximum absolute atomic E-state index is 12.7. The number of anilines is 1. The standard InChI is InChI=1S/C19H11ClN2O2S2/c20-11-6-7-15-13(8-11)14(10-21-15)16(23)9-17-18(24)22(19(25)26-17)12-4-2-1-3-5-12/h1-10,21H/b17-9+. The molecular weight excluding hydrogens is 388 g/mol. The number of fused-ring (bicyclic) bond motifs is 1. The number of allylic oxidation sites excluding steroid dienone is 1. The van der Waals surface area contributed by atoms with E-state index in [1.807, 2.05) is 24.3 Å². The molecule has 1 N–H and O–H groups in total. The molecule has 1 aromatic heterocycles.